The van der Waals surface area contributed by atoms with Crippen LogP contribution in [0.3, 0.4) is 0 Å². The molecule has 0 aliphatic carbocycles. The minimum Gasteiger partial charge on any atom is -0.497 e. The summed E-state index contributed by atoms with van der Waals surface area (Å²) in [7, 11) is 1.59. The van der Waals surface area contributed by atoms with Crippen molar-refractivity contribution < 1.29 is 14.3 Å². The maximum atomic E-state index is 10.5. The van der Waals surface area contributed by atoms with Crippen molar-refractivity contribution in [2.75, 3.05) is 7.11 Å². The van der Waals surface area contributed by atoms with E-state index in [-0.39, 0.29) is 6.10 Å². The Morgan fingerprint density at radius 3 is 2.36 bits per heavy atom. The van der Waals surface area contributed by atoms with Crippen molar-refractivity contribution in [1.29, 1.82) is 0 Å². The van der Waals surface area contributed by atoms with E-state index in [2.05, 4.69) is 0 Å². The summed E-state index contributed by atoms with van der Waals surface area (Å²) in [4.78, 5) is 10.5. The Morgan fingerprint density at radius 2 is 1.93 bits per heavy atom. The normalized spacial score (nSPS) is 11.9. The fourth-order valence-electron chi connectivity index (χ4n) is 1.08. The molecule has 0 heterocycles. The maximum Gasteiger partial charge on any atom is 0.404 e. The van der Waals surface area contributed by atoms with Gasteiger partial charge in [0.2, 0.25) is 0 Å². The van der Waals surface area contributed by atoms with Crippen LogP contribution >= 0.6 is 11.6 Å². The first-order valence-electron chi connectivity index (χ1n) is 4.13. The van der Waals surface area contributed by atoms with Crippen LogP contribution < -0.4 is 4.74 Å². The van der Waals surface area contributed by atoms with Gasteiger partial charge in [-0.15, -0.1) is 0 Å². The first kappa shape index (κ1) is 10.9. The van der Waals surface area contributed by atoms with Gasteiger partial charge in [-0.05, 0) is 24.6 Å². The van der Waals surface area contributed by atoms with Crippen LogP contribution in [0.15, 0.2) is 24.3 Å². The molecule has 14 heavy (non-hydrogen) atoms. The van der Waals surface area contributed by atoms with Crippen LogP contribution in [0.25, 0.3) is 0 Å². The molecule has 1 atom stereocenters. The van der Waals surface area contributed by atoms with E-state index in [1.54, 1.807) is 26.2 Å². The topological polar surface area (TPSA) is 35.5 Å². The highest BCUT2D eigenvalue weighted by atomic mass is 35.5. The quantitative estimate of drug-likeness (QED) is 0.726. The van der Waals surface area contributed by atoms with Crippen molar-refractivity contribution >= 4 is 17.0 Å². The first-order chi connectivity index (χ1) is 6.63. The molecular formula is C10H11ClO3. The molecule has 0 spiro atoms. The number of hydrogen-bond acceptors (Lipinski definition) is 3. The van der Waals surface area contributed by atoms with Crippen LogP contribution in [-0.4, -0.2) is 12.5 Å². The summed E-state index contributed by atoms with van der Waals surface area (Å²) in [5.41, 5.74) is 0.0770. The minimum absolute atomic E-state index is 0.342. The lowest BCUT2D eigenvalue weighted by Crippen LogP contribution is -2.01. The number of carbonyl (C=O) groups excluding carboxylic acids is 1. The van der Waals surface area contributed by atoms with E-state index in [4.69, 9.17) is 21.1 Å². The zero-order valence-corrected chi connectivity index (χ0v) is 8.75. The van der Waals surface area contributed by atoms with E-state index in [9.17, 15) is 4.79 Å². The molecule has 0 saturated carbocycles. The molecule has 0 N–H and O–H groups in total. The van der Waals surface area contributed by atoms with Gasteiger partial charge >= 0.3 is 5.43 Å². The molecule has 0 radical (unpaired) electrons. The molecule has 3 nitrogen and oxygen atoms in total. The third-order valence-corrected chi connectivity index (χ3v) is 1.94. The predicted octanol–water partition coefficient (Wildman–Crippen LogP) is 3.13. The van der Waals surface area contributed by atoms with E-state index in [1.807, 2.05) is 12.1 Å². The Balaban J connectivity index is 2.71. The van der Waals surface area contributed by atoms with E-state index in [1.165, 1.54) is 0 Å². The molecule has 0 unspecified atom stereocenters. The summed E-state index contributed by atoms with van der Waals surface area (Å²) < 4.78 is 9.79. The standard InChI is InChI=1S/C10H11ClO3/c1-7(14-10(11)12)8-3-5-9(13-2)6-4-8/h3-7H,1-2H3/t7-/m1/s1. The van der Waals surface area contributed by atoms with Gasteiger partial charge in [0.1, 0.15) is 11.9 Å². The average molecular weight is 215 g/mol. The summed E-state index contributed by atoms with van der Waals surface area (Å²) in [5.74, 6) is 0.762. The van der Waals surface area contributed by atoms with Crippen LogP contribution in [0.1, 0.15) is 18.6 Å². The number of ether oxygens (including phenoxy) is 2. The van der Waals surface area contributed by atoms with Crippen LogP contribution in [0.2, 0.25) is 0 Å². The molecule has 1 rings (SSSR count). The van der Waals surface area contributed by atoms with E-state index >= 15 is 0 Å². The van der Waals surface area contributed by atoms with Gasteiger partial charge in [0.25, 0.3) is 0 Å². The van der Waals surface area contributed by atoms with Crippen LogP contribution in [0.5, 0.6) is 5.75 Å². The molecule has 0 aliphatic heterocycles. The van der Waals surface area contributed by atoms with Crippen molar-refractivity contribution in [2.45, 2.75) is 13.0 Å². The van der Waals surface area contributed by atoms with Gasteiger partial charge in [-0.25, -0.2) is 4.79 Å². The molecule has 0 amide bonds. The number of carbonyl (C=O) groups is 1. The molecule has 0 fully saturated rings. The second-order valence-electron chi connectivity index (χ2n) is 2.77. The lowest BCUT2D eigenvalue weighted by Gasteiger charge is -2.11. The average Bonchev–Trinajstić information content (AvgIpc) is 2.17. The Bertz CT molecular complexity index is 308. The Morgan fingerprint density at radius 1 is 1.36 bits per heavy atom. The summed E-state index contributed by atoms with van der Waals surface area (Å²) in [5, 5.41) is 0. The van der Waals surface area contributed by atoms with E-state index in [0.717, 1.165) is 11.3 Å². The Labute approximate surface area is 87.6 Å². The third kappa shape index (κ3) is 2.92. The van der Waals surface area contributed by atoms with Crippen molar-refractivity contribution in [2.24, 2.45) is 0 Å². The number of methoxy groups -OCH3 is 1. The van der Waals surface area contributed by atoms with E-state index in [0.29, 0.717) is 0 Å². The third-order valence-electron chi connectivity index (χ3n) is 1.85. The lowest BCUT2D eigenvalue weighted by molar-refractivity contribution is 0.132. The summed E-state index contributed by atoms with van der Waals surface area (Å²) in [6, 6.07) is 7.24. The second kappa shape index (κ2) is 4.86. The summed E-state index contributed by atoms with van der Waals surface area (Å²) in [6.07, 6.45) is -0.342. The molecular weight excluding hydrogens is 204 g/mol. The van der Waals surface area contributed by atoms with Gasteiger partial charge in [0.05, 0.1) is 7.11 Å². The predicted molar refractivity (Wildman–Crippen MR) is 53.7 cm³/mol. The molecule has 0 saturated heterocycles. The van der Waals surface area contributed by atoms with Crippen molar-refractivity contribution in [3.63, 3.8) is 0 Å². The highest BCUT2D eigenvalue weighted by molar-refractivity contribution is 6.61. The number of halogens is 1. The zero-order valence-electron chi connectivity index (χ0n) is 7.99. The highest BCUT2D eigenvalue weighted by Crippen LogP contribution is 2.20. The summed E-state index contributed by atoms with van der Waals surface area (Å²) >= 11 is 5.10. The van der Waals surface area contributed by atoms with Gasteiger partial charge < -0.3 is 9.47 Å². The fourth-order valence-corrected chi connectivity index (χ4v) is 1.22. The Kier molecular flexibility index (Phi) is 3.77. The van der Waals surface area contributed by atoms with Gasteiger partial charge in [0, 0.05) is 11.6 Å². The highest BCUT2D eigenvalue weighted by Gasteiger charge is 2.08. The van der Waals surface area contributed by atoms with Gasteiger partial charge in [-0.2, -0.15) is 0 Å². The SMILES string of the molecule is COc1ccc([C@@H](C)OC(=O)Cl)cc1. The largest absolute Gasteiger partial charge is 0.497 e. The smallest absolute Gasteiger partial charge is 0.404 e. The van der Waals surface area contributed by atoms with Crippen molar-refractivity contribution in [3.8, 4) is 5.75 Å². The van der Waals surface area contributed by atoms with Crippen molar-refractivity contribution in [3.05, 3.63) is 29.8 Å². The van der Waals surface area contributed by atoms with Gasteiger partial charge in [0.15, 0.2) is 0 Å². The molecule has 76 valence electrons. The molecule has 0 aliphatic rings. The Hall–Kier alpha value is -1.22. The van der Waals surface area contributed by atoms with Crippen LogP contribution in [0.4, 0.5) is 4.79 Å². The minimum atomic E-state index is -0.798. The second-order valence-corrected chi connectivity index (χ2v) is 3.08. The van der Waals surface area contributed by atoms with E-state index < -0.39 is 5.43 Å². The fraction of sp³-hybridized carbons (Fsp3) is 0.300. The number of hydrogen-bond donors (Lipinski definition) is 0. The molecule has 1 aromatic rings. The zero-order chi connectivity index (χ0) is 10.6. The lowest BCUT2D eigenvalue weighted by atomic mass is 10.1. The first-order valence-corrected chi connectivity index (χ1v) is 4.51. The maximum absolute atomic E-state index is 10.5. The van der Waals surface area contributed by atoms with Gasteiger partial charge in [-0.3, -0.25) is 0 Å². The molecule has 1 aromatic carbocycles. The molecule has 4 heteroatoms. The number of rotatable bonds is 3. The van der Waals surface area contributed by atoms with Crippen molar-refractivity contribution in [1.82, 2.24) is 0 Å². The molecule has 0 aromatic heterocycles. The van der Waals surface area contributed by atoms with Crippen LogP contribution in [-0.2, 0) is 4.74 Å². The van der Waals surface area contributed by atoms with Gasteiger partial charge in [-0.1, -0.05) is 12.1 Å². The number of benzene rings is 1. The van der Waals surface area contributed by atoms with Crippen LogP contribution in [0, 0.1) is 0 Å². The monoisotopic (exact) mass is 214 g/mol. The molecule has 0 bridgehead atoms. The summed E-state index contributed by atoms with van der Waals surface area (Å²) in [6.45, 7) is 1.75.